The van der Waals surface area contributed by atoms with Gasteiger partial charge in [-0.2, -0.15) is 26.3 Å². The lowest BCUT2D eigenvalue weighted by molar-refractivity contribution is -0.143. The molecule has 1 unspecified atom stereocenters. The first-order chi connectivity index (χ1) is 16.8. The van der Waals surface area contributed by atoms with E-state index in [0.717, 1.165) is 12.0 Å². The van der Waals surface area contributed by atoms with E-state index in [4.69, 9.17) is 4.74 Å². The topological polar surface area (TPSA) is 29.5 Å². The number of rotatable bonds is 7. The average Bonchev–Trinajstić information content (AvgIpc) is 2.80. The van der Waals surface area contributed by atoms with Gasteiger partial charge in [-0.15, -0.1) is 0 Å². The quantitative estimate of drug-likeness (QED) is 0.362. The van der Waals surface area contributed by atoms with Gasteiger partial charge >= 0.3 is 12.4 Å². The molecular formula is C26H28F7NO2. The van der Waals surface area contributed by atoms with E-state index in [1.54, 1.807) is 17.0 Å². The van der Waals surface area contributed by atoms with Crippen LogP contribution in [0, 0.1) is 11.7 Å². The van der Waals surface area contributed by atoms with Gasteiger partial charge in [0.1, 0.15) is 5.82 Å². The molecule has 36 heavy (non-hydrogen) atoms. The number of hydrogen-bond donors (Lipinski definition) is 0. The van der Waals surface area contributed by atoms with Crippen LogP contribution in [0.2, 0.25) is 0 Å². The maximum Gasteiger partial charge on any atom is 0.416 e. The van der Waals surface area contributed by atoms with Crippen molar-refractivity contribution in [2.45, 2.75) is 64.1 Å². The van der Waals surface area contributed by atoms with Gasteiger partial charge in [-0.1, -0.05) is 18.6 Å². The molecule has 0 aromatic heterocycles. The molecule has 1 aliphatic carbocycles. The van der Waals surface area contributed by atoms with Crippen molar-refractivity contribution < 1.29 is 40.3 Å². The molecule has 0 bridgehead atoms. The van der Waals surface area contributed by atoms with E-state index < -0.39 is 42.0 Å². The zero-order valence-electron chi connectivity index (χ0n) is 19.9. The molecule has 3 rings (SSSR count). The highest BCUT2D eigenvalue weighted by atomic mass is 19.4. The second-order valence-electron chi connectivity index (χ2n) is 9.09. The van der Waals surface area contributed by atoms with Crippen molar-refractivity contribution in [2.24, 2.45) is 5.92 Å². The van der Waals surface area contributed by atoms with Crippen molar-refractivity contribution in [3.63, 3.8) is 0 Å². The van der Waals surface area contributed by atoms with Crippen LogP contribution in [0.15, 0.2) is 42.5 Å². The summed E-state index contributed by atoms with van der Waals surface area (Å²) in [6.07, 6.45) is -8.45. The number of benzene rings is 2. The van der Waals surface area contributed by atoms with Crippen molar-refractivity contribution >= 4 is 5.91 Å². The zero-order chi connectivity index (χ0) is 26.7. The first-order valence-corrected chi connectivity index (χ1v) is 11.7. The van der Waals surface area contributed by atoms with Gasteiger partial charge in [0.2, 0.25) is 5.91 Å². The Morgan fingerprint density at radius 1 is 0.972 bits per heavy atom. The lowest BCUT2D eigenvalue weighted by atomic mass is 9.73. The fourth-order valence-corrected chi connectivity index (χ4v) is 4.88. The minimum atomic E-state index is -4.95. The highest BCUT2D eigenvalue weighted by molar-refractivity contribution is 5.73. The van der Waals surface area contributed by atoms with Gasteiger partial charge in [0.25, 0.3) is 0 Å². The van der Waals surface area contributed by atoms with E-state index in [1.165, 1.54) is 19.1 Å². The van der Waals surface area contributed by atoms with E-state index in [2.05, 4.69) is 0 Å². The minimum Gasteiger partial charge on any atom is -0.373 e. The fraction of sp³-hybridized carbons (Fsp3) is 0.500. The Hall–Kier alpha value is -2.62. The molecule has 0 radical (unpaired) electrons. The van der Waals surface area contributed by atoms with Crippen LogP contribution in [-0.2, 0) is 28.5 Å². The van der Waals surface area contributed by atoms with E-state index in [1.807, 2.05) is 6.92 Å². The third-order valence-electron chi connectivity index (χ3n) is 6.62. The van der Waals surface area contributed by atoms with Crippen molar-refractivity contribution in [3.05, 3.63) is 70.5 Å². The lowest BCUT2D eigenvalue weighted by Crippen LogP contribution is -2.41. The molecule has 0 N–H and O–H groups in total. The van der Waals surface area contributed by atoms with Crippen LogP contribution < -0.4 is 0 Å². The number of nitrogens with zero attached hydrogens (tertiary/aromatic N) is 1. The van der Waals surface area contributed by atoms with Crippen LogP contribution in [0.4, 0.5) is 30.7 Å². The lowest BCUT2D eigenvalue weighted by Gasteiger charge is -2.40. The second-order valence-corrected chi connectivity index (χ2v) is 9.09. The first kappa shape index (κ1) is 28.0. The Labute approximate surface area is 205 Å². The molecule has 1 aliphatic rings. The summed E-state index contributed by atoms with van der Waals surface area (Å²) >= 11 is 0. The molecule has 0 spiro atoms. The molecule has 1 amide bonds. The molecule has 0 heterocycles. The Balaban J connectivity index is 1.90. The molecule has 1 saturated carbocycles. The molecule has 2 aromatic carbocycles. The van der Waals surface area contributed by atoms with Crippen molar-refractivity contribution in [1.82, 2.24) is 4.90 Å². The summed E-state index contributed by atoms with van der Waals surface area (Å²) in [6, 6.07) is 7.21. The largest absolute Gasteiger partial charge is 0.416 e. The first-order valence-electron chi connectivity index (χ1n) is 11.7. The van der Waals surface area contributed by atoms with Crippen LogP contribution in [0.5, 0.6) is 0 Å². The predicted octanol–water partition coefficient (Wildman–Crippen LogP) is 7.20. The third-order valence-corrected chi connectivity index (χ3v) is 6.62. The number of carbonyl (C=O) groups is 1. The summed E-state index contributed by atoms with van der Waals surface area (Å²) in [5.74, 6) is -0.945. The minimum absolute atomic E-state index is 0.0784. The number of carbonyl (C=O) groups excluding carboxylic acids is 1. The van der Waals surface area contributed by atoms with Crippen LogP contribution >= 0.6 is 0 Å². The normalized spacial score (nSPS) is 20.9. The number of ether oxygens (including phenoxy) is 1. The van der Waals surface area contributed by atoms with Crippen molar-refractivity contribution in [3.8, 4) is 0 Å². The molecule has 198 valence electrons. The number of hydrogen-bond acceptors (Lipinski definition) is 2. The standard InChI is InChI=1S/C26H28F7NO2/c1-3-34(16(2)35)14-19-5-4-6-23(24(19)18-7-9-22(27)10-8-18)36-15-17-11-20(25(28,29)30)13-21(12-17)26(31,32)33/h7-13,19,23-24H,3-6,14-15H2,1-2H3/t19-,23-,24?/m0/s1. The number of alkyl halides is 6. The Kier molecular flexibility index (Phi) is 8.69. The Morgan fingerprint density at radius 2 is 1.56 bits per heavy atom. The highest BCUT2D eigenvalue weighted by Crippen LogP contribution is 2.41. The van der Waals surface area contributed by atoms with Gasteiger partial charge in [-0.25, -0.2) is 4.39 Å². The van der Waals surface area contributed by atoms with E-state index in [9.17, 15) is 35.5 Å². The summed E-state index contributed by atoms with van der Waals surface area (Å²) in [5, 5.41) is 0. The SMILES string of the molecule is CCN(C[C@@H]1CCC[C@H](OCc2cc(C(F)(F)F)cc(C(F)(F)F)c2)C1c1ccc(F)cc1)C(C)=O. The molecule has 2 aromatic rings. The summed E-state index contributed by atoms with van der Waals surface area (Å²) in [6.45, 7) is 3.75. The summed E-state index contributed by atoms with van der Waals surface area (Å²) < 4.78 is 99.0. The van der Waals surface area contributed by atoms with Gasteiger partial charge in [0, 0.05) is 25.9 Å². The molecule has 3 atom stereocenters. The fourth-order valence-electron chi connectivity index (χ4n) is 4.88. The van der Waals surface area contributed by atoms with E-state index in [0.29, 0.717) is 38.1 Å². The molecule has 10 heteroatoms. The van der Waals surface area contributed by atoms with Crippen LogP contribution in [0.1, 0.15) is 61.3 Å². The molecule has 3 nitrogen and oxygen atoms in total. The van der Waals surface area contributed by atoms with Gasteiger partial charge in [-0.3, -0.25) is 4.79 Å². The van der Waals surface area contributed by atoms with Crippen molar-refractivity contribution in [2.75, 3.05) is 13.1 Å². The molecular weight excluding hydrogens is 491 g/mol. The third kappa shape index (κ3) is 6.99. The summed E-state index contributed by atoms with van der Waals surface area (Å²) in [5.41, 5.74) is -2.29. The summed E-state index contributed by atoms with van der Waals surface area (Å²) in [4.78, 5) is 13.7. The highest BCUT2D eigenvalue weighted by Gasteiger charge is 2.38. The monoisotopic (exact) mass is 519 g/mol. The summed E-state index contributed by atoms with van der Waals surface area (Å²) in [7, 11) is 0. The second kappa shape index (κ2) is 11.2. The van der Waals surface area contributed by atoms with Crippen molar-refractivity contribution in [1.29, 1.82) is 0 Å². The van der Waals surface area contributed by atoms with Crippen LogP contribution in [0.3, 0.4) is 0 Å². The predicted molar refractivity (Wildman–Crippen MR) is 119 cm³/mol. The number of amides is 1. The van der Waals surface area contributed by atoms with Crippen LogP contribution in [-0.4, -0.2) is 30.0 Å². The van der Waals surface area contributed by atoms with E-state index in [-0.39, 0.29) is 29.4 Å². The molecule has 0 aliphatic heterocycles. The van der Waals surface area contributed by atoms with Crippen LogP contribution in [0.25, 0.3) is 0 Å². The van der Waals surface area contributed by atoms with Gasteiger partial charge in [-0.05, 0) is 67.1 Å². The smallest absolute Gasteiger partial charge is 0.373 e. The van der Waals surface area contributed by atoms with Gasteiger partial charge in [0.05, 0.1) is 23.8 Å². The Morgan fingerprint density at radius 3 is 2.06 bits per heavy atom. The van der Waals surface area contributed by atoms with Gasteiger partial charge in [0.15, 0.2) is 0 Å². The maximum absolute atomic E-state index is 13.6. The van der Waals surface area contributed by atoms with E-state index >= 15 is 0 Å². The molecule has 0 saturated heterocycles. The zero-order valence-corrected chi connectivity index (χ0v) is 19.9. The molecule has 1 fully saturated rings. The number of halogens is 7. The Bertz CT molecular complexity index is 1000. The maximum atomic E-state index is 13.6. The van der Waals surface area contributed by atoms with Gasteiger partial charge < -0.3 is 9.64 Å². The average molecular weight is 520 g/mol.